The van der Waals surface area contributed by atoms with Gasteiger partial charge >= 0.3 is 0 Å². The number of ether oxygens (including phenoxy) is 1. The maximum Gasteiger partial charge on any atom is 0.257 e. The summed E-state index contributed by atoms with van der Waals surface area (Å²) in [5.74, 6) is 2.04. The van der Waals surface area contributed by atoms with E-state index in [2.05, 4.69) is 15.1 Å². The predicted octanol–water partition coefficient (Wildman–Crippen LogP) is 4.35. The molecule has 0 radical (unpaired) electrons. The average molecular weight is 487 g/mol. The summed E-state index contributed by atoms with van der Waals surface area (Å²) in [5.41, 5.74) is 1.85. The van der Waals surface area contributed by atoms with Gasteiger partial charge in [-0.15, -0.1) is 0 Å². The predicted molar refractivity (Wildman–Crippen MR) is 122 cm³/mol. The SMILES string of the molecule is COc1ccc(-c2noc(CSc3nc4cc(S(=O)(=O)N5CCCCC5)ccc4o3)n2)cc1. The van der Waals surface area contributed by atoms with Crippen molar-refractivity contribution in [3.63, 3.8) is 0 Å². The van der Waals surface area contributed by atoms with Gasteiger partial charge in [-0.1, -0.05) is 23.3 Å². The maximum absolute atomic E-state index is 12.9. The Labute approximate surface area is 195 Å². The molecule has 9 nitrogen and oxygen atoms in total. The Morgan fingerprint density at radius 1 is 1.06 bits per heavy atom. The second-order valence-electron chi connectivity index (χ2n) is 7.60. The molecule has 0 aliphatic carbocycles. The number of thioether (sulfide) groups is 1. The summed E-state index contributed by atoms with van der Waals surface area (Å²) < 4.78 is 43.7. The summed E-state index contributed by atoms with van der Waals surface area (Å²) in [7, 11) is -1.91. The van der Waals surface area contributed by atoms with Gasteiger partial charge in [-0.2, -0.15) is 9.29 Å². The third-order valence-corrected chi connectivity index (χ3v) is 8.14. The molecule has 2 aromatic heterocycles. The Hall–Kier alpha value is -2.89. The first-order valence-corrected chi connectivity index (χ1v) is 13.0. The van der Waals surface area contributed by atoms with Crippen molar-refractivity contribution in [1.29, 1.82) is 0 Å². The molecule has 2 aromatic carbocycles. The highest BCUT2D eigenvalue weighted by Crippen LogP contribution is 2.29. The van der Waals surface area contributed by atoms with Crippen LogP contribution in [-0.4, -0.2) is 48.0 Å². The molecule has 33 heavy (non-hydrogen) atoms. The van der Waals surface area contributed by atoms with Gasteiger partial charge in [0.1, 0.15) is 11.3 Å². The zero-order chi connectivity index (χ0) is 22.8. The van der Waals surface area contributed by atoms with Crippen molar-refractivity contribution in [3.8, 4) is 17.1 Å². The number of rotatable bonds is 7. The van der Waals surface area contributed by atoms with E-state index < -0.39 is 10.0 Å². The molecule has 0 saturated carbocycles. The van der Waals surface area contributed by atoms with Crippen molar-refractivity contribution in [2.45, 2.75) is 35.1 Å². The highest BCUT2D eigenvalue weighted by molar-refractivity contribution is 7.98. The van der Waals surface area contributed by atoms with Crippen LogP contribution >= 0.6 is 11.8 Å². The van der Waals surface area contributed by atoms with Crippen LogP contribution in [0.4, 0.5) is 0 Å². The minimum absolute atomic E-state index is 0.239. The summed E-state index contributed by atoms with van der Waals surface area (Å²) in [5, 5.41) is 4.42. The first-order valence-electron chi connectivity index (χ1n) is 10.5. The Bertz CT molecular complexity index is 1360. The van der Waals surface area contributed by atoms with Crippen LogP contribution in [0.2, 0.25) is 0 Å². The van der Waals surface area contributed by atoms with Crippen LogP contribution in [0.1, 0.15) is 25.2 Å². The molecule has 0 atom stereocenters. The zero-order valence-electron chi connectivity index (χ0n) is 17.9. The third kappa shape index (κ3) is 4.61. The van der Waals surface area contributed by atoms with Gasteiger partial charge in [0, 0.05) is 18.7 Å². The van der Waals surface area contributed by atoms with Crippen molar-refractivity contribution >= 4 is 32.9 Å². The first-order chi connectivity index (χ1) is 16.0. The topological polar surface area (TPSA) is 112 Å². The van der Waals surface area contributed by atoms with E-state index in [0.717, 1.165) is 30.6 Å². The molecule has 0 amide bonds. The van der Waals surface area contributed by atoms with Crippen LogP contribution in [0.25, 0.3) is 22.5 Å². The minimum Gasteiger partial charge on any atom is -0.497 e. The smallest absolute Gasteiger partial charge is 0.257 e. The molecule has 0 N–H and O–H groups in total. The fraction of sp³-hybridized carbons (Fsp3) is 0.318. The van der Waals surface area contributed by atoms with Gasteiger partial charge in [-0.25, -0.2) is 13.4 Å². The number of benzene rings is 2. The van der Waals surface area contributed by atoms with Crippen LogP contribution in [0.5, 0.6) is 5.75 Å². The van der Waals surface area contributed by atoms with E-state index in [1.807, 2.05) is 24.3 Å². The minimum atomic E-state index is -3.52. The van der Waals surface area contributed by atoms with Crippen LogP contribution < -0.4 is 4.74 Å². The van der Waals surface area contributed by atoms with E-state index in [9.17, 15) is 8.42 Å². The van der Waals surface area contributed by atoms with Crippen molar-refractivity contribution in [1.82, 2.24) is 19.4 Å². The molecule has 1 aliphatic rings. The van der Waals surface area contributed by atoms with Crippen LogP contribution in [0.3, 0.4) is 0 Å². The highest BCUT2D eigenvalue weighted by Gasteiger charge is 2.26. The van der Waals surface area contributed by atoms with E-state index in [0.29, 0.717) is 46.9 Å². The number of oxazole rings is 1. The molecule has 11 heteroatoms. The maximum atomic E-state index is 12.9. The molecule has 0 spiro atoms. The van der Waals surface area contributed by atoms with E-state index in [1.54, 1.807) is 29.6 Å². The molecule has 4 aromatic rings. The highest BCUT2D eigenvalue weighted by atomic mass is 32.2. The number of sulfonamides is 1. The number of fused-ring (bicyclic) bond motifs is 1. The lowest BCUT2D eigenvalue weighted by Crippen LogP contribution is -2.35. The number of nitrogens with zero attached hydrogens (tertiary/aromatic N) is 4. The summed E-state index contributed by atoms with van der Waals surface area (Å²) in [6.07, 6.45) is 2.85. The Morgan fingerprint density at radius 3 is 2.61 bits per heavy atom. The normalized spacial score (nSPS) is 15.2. The van der Waals surface area contributed by atoms with E-state index in [-0.39, 0.29) is 4.90 Å². The number of hydrogen-bond acceptors (Lipinski definition) is 9. The number of methoxy groups -OCH3 is 1. The molecule has 1 fully saturated rings. The quantitative estimate of drug-likeness (QED) is 0.352. The van der Waals surface area contributed by atoms with Crippen molar-refractivity contribution in [2.24, 2.45) is 0 Å². The van der Waals surface area contributed by atoms with Crippen molar-refractivity contribution < 1.29 is 22.1 Å². The monoisotopic (exact) mass is 486 g/mol. The Balaban J connectivity index is 1.28. The standard InChI is InChI=1S/C22H22N4O5S2/c1-29-16-7-5-15(6-8-16)21-24-20(31-25-21)14-32-22-23-18-13-17(9-10-19(18)30-22)33(27,28)26-11-3-2-4-12-26/h5-10,13H,2-4,11-12,14H2,1H3. The fourth-order valence-corrected chi connectivity index (χ4v) is 5.87. The van der Waals surface area contributed by atoms with Gasteiger partial charge in [0.15, 0.2) is 5.58 Å². The van der Waals surface area contributed by atoms with Gasteiger partial charge < -0.3 is 13.7 Å². The van der Waals surface area contributed by atoms with E-state index in [4.69, 9.17) is 13.7 Å². The lowest BCUT2D eigenvalue weighted by atomic mass is 10.2. The number of aromatic nitrogens is 3. The molecule has 0 bridgehead atoms. The van der Waals surface area contributed by atoms with E-state index in [1.165, 1.54) is 11.8 Å². The fourth-order valence-electron chi connectivity index (χ4n) is 3.66. The second-order valence-corrected chi connectivity index (χ2v) is 10.5. The van der Waals surface area contributed by atoms with Crippen LogP contribution in [-0.2, 0) is 15.8 Å². The molecule has 5 rings (SSSR count). The Kier molecular flexibility index (Phi) is 6.09. The Morgan fingerprint density at radius 2 is 1.85 bits per heavy atom. The molecular weight excluding hydrogens is 464 g/mol. The largest absolute Gasteiger partial charge is 0.497 e. The van der Waals surface area contributed by atoms with Crippen LogP contribution in [0.15, 0.2) is 61.5 Å². The van der Waals surface area contributed by atoms with Gasteiger partial charge in [0.2, 0.25) is 21.7 Å². The first kappa shape index (κ1) is 21.9. The molecule has 172 valence electrons. The summed E-state index contributed by atoms with van der Waals surface area (Å²) in [4.78, 5) is 9.09. The van der Waals surface area contributed by atoms with Crippen LogP contribution in [0, 0.1) is 0 Å². The lowest BCUT2D eigenvalue weighted by molar-refractivity contribution is 0.346. The second kappa shape index (κ2) is 9.16. The number of piperidine rings is 1. The molecule has 0 unspecified atom stereocenters. The molecule has 3 heterocycles. The van der Waals surface area contributed by atoms with Crippen molar-refractivity contribution in [3.05, 3.63) is 48.4 Å². The summed E-state index contributed by atoms with van der Waals surface area (Å²) in [6.45, 7) is 1.12. The molecule has 1 aliphatic heterocycles. The zero-order valence-corrected chi connectivity index (χ0v) is 19.6. The van der Waals surface area contributed by atoms with Gasteiger partial charge in [-0.05, 0) is 55.3 Å². The lowest BCUT2D eigenvalue weighted by Gasteiger charge is -2.25. The average Bonchev–Trinajstić information content (AvgIpc) is 3.49. The van der Waals surface area contributed by atoms with Gasteiger partial charge in [-0.3, -0.25) is 0 Å². The number of hydrogen-bond donors (Lipinski definition) is 0. The summed E-state index contributed by atoms with van der Waals surface area (Å²) in [6, 6.07) is 12.2. The third-order valence-electron chi connectivity index (χ3n) is 5.43. The van der Waals surface area contributed by atoms with E-state index >= 15 is 0 Å². The van der Waals surface area contributed by atoms with Gasteiger partial charge in [0.05, 0.1) is 17.8 Å². The molecular formula is C22H22N4O5S2. The van der Waals surface area contributed by atoms with Gasteiger partial charge in [0.25, 0.3) is 5.22 Å². The van der Waals surface area contributed by atoms with Crippen molar-refractivity contribution in [2.75, 3.05) is 20.2 Å². The molecule has 1 saturated heterocycles. The summed E-state index contributed by atoms with van der Waals surface area (Å²) >= 11 is 1.30.